The van der Waals surface area contributed by atoms with Gasteiger partial charge in [0.1, 0.15) is 12.7 Å². The molecule has 0 radical (unpaired) electrons. The third-order valence-corrected chi connectivity index (χ3v) is 5.38. The predicted molar refractivity (Wildman–Crippen MR) is 112 cm³/mol. The van der Waals surface area contributed by atoms with Crippen molar-refractivity contribution in [2.24, 2.45) is 0 Å². The molecule has 2 aromatic rings. The number of piperidine rings is 1. The Morgan fingerprint density at radius 3 is 2.45 bits per heavy atom. The first-order valence-corrected chi connectivity index (χ1v) is 10.2. The van der Waals surface area contributed by atoms with E-state index in [-0.39, 0.29) is 19.6 Å². The SMILES string of the molecule is O=C(NCCC(O)C(O)c1ccc(C2CCNCC2)cc1)OCc1ccccc1. The van der Waals surface area contributed by atoms with E-state index in [1.165, 1.54) is 5.56 Å². The highest BCUT2D eigenvalue weighted by molar-refractivity contribution is 5.67. The van der Waals surface area contributed by atoms with Gasteiger partial charge in [0.25, 0.3) is 0 Å². The molecule has 1 aliphatic heterocycles. The van der Waals surface area contributed by atoms with Crippen LogP contribution in [-0.2, 0) is 11.3 Å². The van der Waals surface area contributed by atoms with Gasteiger partial charge in [-0.15, -0.1) is 0 Å². The number of carbonyl (C=O) groups is 1. The van der Waals surface area contributed by atoms with Gasteiger partial charge in [-0.25, -0.2) is 4.79 Å². The van der Waals surface area contributed by atoms with Crippen LogP contribution in [0.15, 0.2) is 54.6 Å². The normalized spacial score (nSPS) is 16.8. The van der Waals surface area contributed by atoms with E-state index >= 15 is 0 Å². The standard InChI is InChI=1S/C23H30N2O4/c26-21(12-15-25-23(28)29-16-17-4-2-1-3-5-17)22(27)20-8-6-18(7-9-20)19-10-13-24-14-11-19/h1-9,19,21-22,24,26-27H,10-16H2,(H,25,28). The second-order valence-electron chi connectivity index (χ2n) is 7.48. The summed E-state index contributed by atoms with van der Waals surface area (Å²) in [5.74, 6) is 0.554. The number of rotatable bonds is 8. The molecule has 2 unspecified atom stereocenters. The Balaban J connectivity index is 1.39. The molecule has 0 aromatic heterocycles. The van der Waals surface area contributed by atoms with Crippen molar-refractivity contribution in [1.82, 2.24) is 10.6 Å². The van der Waals surface area contributed by atoms with Gasteiger partial charge in [0.05, 0.1) is 6.10 Å². The Labute approximate surface area is 171 Å². The lowest BCUT2D eigenvalue weighted by Crippen LogP contribution is -2.29. The van der Waals surface area contributed by atoms with Gasteiger partial charge in [-0.1, -0.05) is 54.6 Å². The van der Waals surface area contributed by atoms with Crippen molar-refractivity contribution in [2.45, 2.75) is 44.0 Å². The van der Waals surface area contributed by atoms with Gasteiger partial charge in [-0.2, -0.15) is 0 Å². The summed E-state index contributed by atoms with van der Waals surface area (Å²) in [6.07, 6.45) is -0.0136. The largest absolute Gasteiger partial charge is 0.445 e. The molecule has 1 saturated heterocycles. The lowest BCUT2D eigenvalue weighted by atomic mass is 9.89. The van der Waals surface area contributed by atoms with Gasteiger partial charge in [-0.05, 0) is 55.0 Å². The molecule has 6 nitrogen and oxygen atoms in total. The van der Waals surface area contributed by atoms with Crippen LogP contribution in [-0.4, -0.2) is 42.0 Å². The van der Waals surface area contributed by atoms with Crippen LogP contribution in [0.2, 0.25) is 0 Å². The van der Waals surface area contributed by atoms with E-state index in [1.54, 1.807) is 0 Å². The summed E-state index contributed by atoms with van der Waals surface area (Å²) in [5.41, 5.74) is 2.87. The number of hydrogen-bond acceptors (Lipinski definition) is 5. The lowest BCUT2D eigenvalue weighted by molar-refractivity contribution is 0.0136. The molecule has 4 N–H and O–H groups in total. The van der Waals surface area contributed by atoms with Crippen LogP contribution in [0.5, 0.6) is 0 Å². The van der Waals surface area contributed by atoms with E-state index in [4.69, 9.17) is 4.74 Å². The Bertz CT molecular complexity index is 745. The molecule has 0 aliphatic carbocycles. The van der Waals surface area contributed by atoms with E-state index in [1.807, 2.05) is 54.6 Å². The molecule has 3 rings (SSSR count). The molecule has 2 aromatic carbocycles. The minimum atomic E-state index is -0.987. The van der Waals surface area contributed by atoms with E-state index in [0.717, 1.165) is 31.5 Å². The molecule has 1 fully saturated rings. The van der Waals surface area contributed by atoms with Crippen molar-refractivity contribution in [3.8, 4) is 0 Å². The van der Waals surface area contributed by atoms with Crippen LogP contribution >= 0.6 is 0 Å². The average molecular weight is 399 g/mol. The Morgan fingerprint density at radius 2 is 1.76 bits per heavy atom. The number of aliphatic hydroxyl groups excluding tert-OH is 2. The quantitative estimate of drug-likeness (QED) is 0.549. The Morgan fingerprint density at radius 1 is 1.07 bits per heavy atom. The van der Waals surface area contributed by atoms with Crippen LogP contribution in [0.25, 0.3) is 0 Å². The van der Waals surface area contributed by atoms with Gasteiger partial charge >= 0.3 is 6.09 Å². The summed E-state index contributed by atoms with van der Waals surface area (Å²) in [4.78, 5) is 11.7. The van der Waals surface area contributed by atoms with Gasteiger partial charge in [0.15, 0.2) is 0 Å². The van der Waals surface area contributed by atoms with E-state index < -0.39 is 18.3 Å². The zero-order valence-electron chi connectivity index (χ0n) is 16.6. The van der Waals surface area contributed by atoms with Gasteiger partial charge in [-0.3, -0.25) is 0 Å². The number of amides is 1. The van der Waals surface area contributed by atoms with Gasteiger partial charge in [0.2, 0.25) is 0 Å². The number of carbonyl (C=O) groups excluding carboxylic acids is 1. The summed E-state index contributed by atoms with van der Waals surface area (Å²) >= 11 is 0. The first kappa shape index (κ1) is 21.3. The number of alkyl carbamates (subject to hydrolysis) is 1. The zero-order chi connectivity index (χ0) is 20.5. The Hall–Kier alpha value is -2.41. The molecule has 0 saturated carbocycles. The first-order chi connectivity index (χ1) is 14.1. The van der Waals surface area contributed by atoms with Crippen LogP contribution in [0.3, 0.4) is 0 Å². The number of ether oxygens (including phenoxy) is 1. The topological polar surface area (TPSA) is 90.8 Å². The van der Waals surface area contributed by atoms with E-state index in [2.05, 4.69) is 10.6 Å². The highest BCUT2D eigenvalue weighted by Gasteiger charge is 2.20. The third-order valence-electron chi connectivity index (χ3n) is 5.38. The molecule has 1 amide bonds. The molecule has 156 valence electrons. The van der Waals surface area contributed by atoms with Crippen LogP contribution in [0, 0.1) is 0 Å². The number of aliphatic hydroxyl groups is 2. The maximum atomic E-state index is 11.7. The minimum absolute atomic E-state index is 0.196. The number of nitrogens with one attached hydrogen (secondary N) is 2. The minimum Gasteiger partial charge on any atom is -0.445 e. The summed E-state index contributed by atoms with van der Waals surface area (Å²) in [7, 11) is 0. The fourth-order valence-electron chi connectivity index (χ4n) is 3.60. The molecular formula is C23H30N2O4. The molecular weight excluding hydrogens is 368 g/mol. The average Bonchev–Trinajstić information content (AvgIpc) is 2.78. The summed E-state index contributed by atoms with van der Waals surface area (Å²) in [5, 5.41) is 26.6. The smallest absolute Gasteiger partial charge is 0.407 e. The van der Waals surface area contributed by atoms with Crippen LogP contribution in [0.1, 0.15) is 48.0 Å². The maximum Gasteiger partial charge on any atom is 0.407 e. The lowest BCUT2D eigenvalue weighted by Gasteiger charge is -2.24. The third kappa shape index (κ3) is 6.56. The zero-order valence-corrected chi connectivity index (χ0v) is 16.6. The van der Waals surface area contributed by atoms with Crippen molar-refractivity contribution in [2.75, 3.05) is 19.6 Å². The fourth-order valence-corrected chi connectivity index (χ4v) is 3.60. The highest BCUT2D eigenvalue weighted by Crippen LogP contribution is 2.27. The first-order valence-electron chi connectivity index (χ1n) is 10.2. The van der Waals surface area contributed by atoms with Gasteiger partial charge in [0, 0.05) is 6.54 Å². The van der Waals surface area contributed by atoms with E-state index in [0.29, 0.717) is 11.5 Å². The number of benzene rings is 2. The summed E-state index contributed by atoms with van der Waals surface area (Å²) in [6, 6.07) is 17.3. The van der Waals surface area contributed by atoms with Crippen LogP contribution < -0.4 is 10.6 Å². The summed E-state index contributed by atoms with van der Waals surface area (Å²) < 4.78 is 5.13. The highest BCUT2D eigenvalue weighted by atomic mass is 16.5. The van der Waals surface area contributed by atoms with Gasteiger partial charge < -0.3 is 25.6 Å². The molecule has 2 atom stereocenters. The molecule has 1 heterocycles. The molecule has 29 heavy (non-hydrogen) atoms. The maximum absolute atomic E-state index is 11.7. The van der Waals surface area contributed by atoms with E-state index in [9.17, 15) is 15.0 Å². The molecule has 1 aliphatic rings. The van der Waals surface area contributed by atoms with Crippen molar-refractivity contribution in [3.63, 3.8) is 0 Å². The van der Waals surface area contributed by atoms with Crippen LogP contribution in [0.4, 0.5) is 4.79 Å². The van der Waals surface area contributed by atoms with Crippen molar-refractivity contribution >= 4 is 6.09 Å². The second kappa shape index (κ2) is 11.0. The van der Waals surface area contributed by atoms with Crippen molar-refractivity contribution < 1.29 is 19.7 Å². The Kier molecular flexibility index (Phi) is 8.04. The van der Waals surface area contributed by atoms with Crippen molar-refractivity contribution in [3.05, 3.63) is 71.3 Å². The molecule has 0 bridgehead atoms. The second-order valence-corrected chi connectivity index (χ2v) is 7.48. The number of hydrogen-bond donors (Lipinski definition) is 4. The van der Waals surface area contributed by atoms with Crippen molar-refractivity contribution in [1.29, 1.82) is 0 Å². The fraction of sp³-hybridized carbons (Fsp3) is 0.435. The predicted octanol–water partition coefficient (Wildman–Crippen LogP) is 2.86. The monoisotopic (exact) mass is 398 g/mol. The molecule has 0 spiro atoms. The summed E-state index contributed by atoms with van der Waals surface area (Å²) in [6.45, 7) is 2.49. The molecule has 6 heteroatoms.